The van der Waals surface area contributed by atoms with E-state index in [0.29, 0.717) is 6.54 Å². The maximum atomic E-state index is 11.4. The lowest BCUT2D eigenvalue weighted by molar-refractivity contribution is -0.134. The van der Waals surface area contributed by atoms with Crippen molar-refractivity contribution in [2.24, 2.45) is 0 Å². The van der Waals surface area contributed by atoms with Gasteiger partial charge in [0.05, 0.1) is 7.11 Å². The molecule has 0 unspecified atom stereocenters. The summed E-state index contributed by atoms with van der Waals surface area (Å²) in [6, 6.07) is 9.52. The van der Waals surface area contributed by atoms with Gasteiger partial charge in [-0.3, -0.25) is 0 Å². The van der Waals surface area contributed by atoms with Crippen molar-refractivity contribution < 1.29 is 19.1 Å². The SMILES string of the molecule is COC(=O)C=CCCCCNC(=O)OCc1ccccc1. The van der Waals surface area contributed by atoms with Crippen molar-refractivity contribution in [2.45, 2.75) is 25.9 Å². The normalized spacial score (nSPS) is 10.3. The van der Waals surface area contributed by atoms with E-state index < -0.39 is 6.09 Å². The zero-order chi connectivity index (χ0) is 15.3. The molecule has 1 amide bonds. The molecule has 0 saturated heterocycles. The summed E-state index contributed by atoms with van der Waals surface area (Å²) in [5.41, 5.74) is 0.959. The first-order chi connectivity index (χ1) is 10.2. The lowest BCUT2D eigenvalue weighted by Crippen LogP contribution is -2.25. The molecule has 21 heavy (non-hydrogen) atoms. The fourth-order valence-electron chi connectivity index (χ4n) is 1.60. The molecule has 114 valence electrons. The third-order valence-corrected chi connectivity index (χ3v) is 2.73. The Kier molecular flexibility index (Phi) is 8.36. The molecule has 0 saturated carbocycles. The van der Waals surface area contributed by atoms with Gasteiger partial charge in [0.15, 0.2) is 0 Å². The van der Waals surface area contributed by atoms with Crippen LogP contribution in [0.5, 0.6) is 0 Å². The second kappa shape index (κ2) is 10.5. The Morgan fingerprint density at radius 3 is 2.67 bits per heavy atom. The molecule has 1 rings (SSSR count). The summed E-state index contributed by atoms with van der Waals surface area (Å²) in [5, 5.41) is 2.69. The third-order valence-electron chi connectivity index (χ3n) is 2.73. The van der Waals surface area contributed by atoms with Crippen molar-refractivity contribution in [2.75, 3.05) is 13.7 Å². The molecule has 0 bridgehead atoms. The van der Waals surface area contributed by atoms with Gasteiger partial charge >= 0.3 is 12.1 Å². The molecule has 0 spiro atoms. The first-order valence-corrected chi connectivity index (χ1v) is 6.91. The molecule has 1 N–H and O–H groups in total. The van der Waals surface area contributed by atoms with E-state index in [4.69, 9.17) is 4.74 Å². The Morgan fingerprint density at radius 1 is 1.19 bits per heavy atom. The highest BCUT2D eigenvalue weighted by atomic mass is 16.5. The number of alkyl carbamates (subject to hydrolysis) is 1. The van der Waals surface area contributed by atoms with Crippen LogP contribution in [0.1, 0.15) is 24.8 Å². The third kappa shape index (κ3) is 8.47. The van der Waals surface area contributed by atoms with E-state index in [-0.39, 0.29) is 12.6 Å². The standard InChI is InChI=1S/C16H21NO4/c1-20-15(18)11-7-2-3-8-12-17-16(19)21-13-14-9-5-4-6-10-14/h4-7,9-11H,2-3,8,12-13H2,1H3,(H,17,19). The number of hydrogen-bond acceptors (Lipinski definition) is 4. The second-order valence-corrected chi connectivity index (χ2v) is 4.41. The van der Waals surface area contributed by atoms with Gasteiger partial charge in [0, 0.05) is 12.6 Å². The molecular formula is C16H21NO4. The first-order valence-electron chi connectivity index (χ1n) is 6.91. The summed E-state index contributed by atoms with van der Waals surface area (Å²) in [6.45, 7) is 0.828. The van der Waals surface area contributed by atoms with E-state index >= 15 is 0 Å². The fourth-order valence-corrected chi connectivity index (χ4v) is 1.60. The van der Waals surface area contributed by atoms with Crippen LogP contribution >= 0.6 is 0 Å². The van der Waals surface area contributed by atoms with Crippen molar-refractivity contribution >= 4 is 12.1 Å². The number of hydrogen-bond donors (Lipinski definition) is 1. The second-order valence-electron chi connectivity index (χ2n) is 4.41. The number of rotatable bonds is 8. The Balaban J connectivity index is 2.01. The molecule has 0 aliphatic carbocycles. The van der Waals surface area contributed by atoms with Gasteiger partial charge in [0.2, 0.25) is 0 Å². The summed E-state index contributed by atoms with van der Waals surface area (Å²) >= 11 is 0. The summed E-state index contributed by atoms with van der Waals surface area (Å²) in [4.78, 5) is 22.2. The van der Waals surface area contributed by atoms with Crippen molar-refractivity contribution in [1.82, 2.24) is 5.32 Å². The van der Waals surface area contributed by atoms with Crippen LogP contribution in [0.4, 0.5) is 4.79 Å². The number of ether oxygens (including phenoxy) is 2. The van der Waals surface area contributed by atoms with Crippen molar-refractivity contribution in [1.29, 1.82) is 0 Å². The van der Waals surface area contributed by atoms with Gasteiger partial charge in [0.1, 0.15) is 6.61 Å². The molecular weight excluding hydrogens is 270 g/mol. The number of methoxy groups -OCH3 is 1. The Bertz CT molecular complexity index is 457. The van der Waals surface area contributed by atoms with Crippen molar-refractivity contribution in [3.05, 3.63) is 48.0 Å². The molecule has 1 aromatic carbocycles. The molecule has 0 heterocycles. The highest BCUT2D eigenvalue weighted by Gasteiger charge is 2.01. The van der Waals surface area contributed by atoms with Gasteiger partial charge in [-0.2, -0.15) is 0 Å². The Labute approximate surface area is 124 Å². The predicted molar refractivity (Wildman–Crippen MR) is 79.6 cm³/mol. The molecule has 0 aliphatic heterocycles. The molecule has 0 aliphatic rings. The van der Waals surface area contributed by atoms with E-state index in [1.165, 1.54) is 13.2 Å². The number of carbonyl (C=O) groups is 2. The topological polar surface area (TPSA) is 64.6 Å². The largest absolute Gasteiger partial charge is 0.466 e. The number of allylic oxidation sites excluding steroid dienone is 1. The summed E-state index contributed by atoms with van der Waals surface area (Å²) in [5.74, 6) is -0.349. The van der Waals surface area contributed by atoms with E-state index in [0.717, 1.165) is 24.8 Å². The maximum Gasteiger partial charge on any atom is 0.407 e. The van der Waals surface area contributed by atoms with Gasteiger partial charge in [0.25, 0.3) is 0 Å². The summed E-state index contributed by atoms with van der Waals surface area (Å²) in [6.07, 6.45) is 5.24. The quantitative estimate of drug-likeness (QED) is 0.454. The van der Waals surface area contributed by atoms with E-state index in [9.17, 15) is 9.59 Å². The molecule has 1 aromatic rings. The highest BCUT2D eigenvalue weighted by molar-refractivity contribution is 5.81. The maximum absolute atomic E-state index is 11.4. The first kappa shape index (κ1) is 16.8. The Hall–Kier alpha value is -2.30. The average molecular weight is 291 g/mol. The monoisotopic (exact) mass is 291 g/mol. The molecule has 0 radical (unpaired) electrons. The zero-order valence-corrected chi connectivity index (χ0v) is 12.2. The van der Waals surface area contributed by atoms with E-state index in [1.807, 2.05) is 30.3 Å². The van der Waals surface area contributed by atoms with Crippen LogP contribution in [0.3, 0.4) is 0 Å². The molecule has 0 fully saturated rings. The van der Waals surface area contributed by atoms with Gasteiger partial charge in [-0.1, -0.05) is 36.4 Å². The number of benzene rings is 1. The highest BCUT2D eigenvalue weighted by Crippen LogP contribution is 2.01. The van der Waals surface area contributed by atoms with Gasteiger partial charge in [-0.25, -0.2) is 9.59 Å². The van der Waals surface area contributed by atoms with Crippen LogP contribution in [-0.4, -0.2) is 25.7 Å². The van der Waals surface area contributed by atoms with Crippen LogP contribution in [-0.2, 0) is 20.9 Å². The predicted octanol–water partition coefficient (Wildman–Crippen LogP) is 2.81. The molecule has 0 aromatic heterocycles. The number of amides is 1. The van der Waals surface area contributed by atoms with Crippen LogP contribution in [0, 0.1) is 0 Å². The lowest BCUT2D eigenvalue weighted by Gasteiger charge is -2.06. The van der Waals surface area contributed by atoms with Crippen LogP contribution in [0.15, 0.2) is 42.5 Å². The lowest BCUT2D eigenvalue weighted by atomic mass is 10.2. The number of esters is 1. The number of nitrogens with one attached hydrogen (secondary N) is 1. The number of unbranched alkanes of at least 4 members (excludes halogenated alkanes) is 2. The minimum Gasteiger partial charge on any atom is -0.466 e. The number of carbonyl (C=O) groups excluding carboxylic acids is 2. The summed E-state index contributed by atoms with van der Waals surface area (Å²) < 4.78 is 9.55. The van der Waals surface area contributed by atoms with Crippen molar-refractivity contribution in [3.63, 3.8) is 0 Å². The minimum absolute atomic E-state index is 0.272. The van der Waals surface area contributed by atoms with Gasteiger partial charge in [-0.15, -0.1) is 0 Å². The molecule has 5 heteroatoms. The minimum atomic E-state index is -0.413. The smallest absolute Gasteiger partial charge is 0.407 e. The fraction of sp³-hybridized carbons (Fsp3) is 0.375. The summed E-state index contributed by atoms with van der Waals surface area (Å²) in [7, 11) is 1.34. The van der Waals surface area contributed by atoms with E-state index in [1.54, 1.807) is 6.08 Å². The van der Waals surface area contributed by atoms with E-state index in [2.05, 4.69) is 10.1 Å². The van der Waals surface area contributed by atoms with Crippen LogP contribution < -0.4 is 5.32 Å². The average Bonchev–Trinajstić information content (AvgIpc) is 2.52. The van der Waals surface area contributed by atoms with Crippen LogP contribution in [0.2, 0.25) is 0 Å². The van der Waals surface area contributed by atoms with Gasteiger partial charge in [-0.05, 0) is 24.8 Å². The Morgan fingerprint density at radius 2 is 1.95 bits per heavy atom. The van der Waals surface area contributed by atoms with Crippen molar-refractivity contribution in [3.8, 4) is 0 Å². The molecule has 0 atom stereocenters. The molecule has 5 nitrogen and oxygen atoms in total. The van der Waals surface area contributed by atoms with Crippen LogP contribution in [0.25, 0.3) is 0 Å². The van der Waals surface area contributed by atoms with Gasteiger partial charge < -0.3 is 14.8 Å². The zero-order valence-electron chi connectivity index (χ0n) is 12.2.